The minimum absolute atomic E-state index is 0.107. The largest absolute Gasteiger partial charge is 0.494 e. The molecule has 2 atom stereocenters. The Kier molecular flexibility index (Phi) is 5.37. The molecule has 3 heteroatoms. The lowest BCUT2D eigenvalue weighted by atomic mass is 9.87. The number of aryl methyl sites for hydroxylation is 1. The fraction of sp³-hybridized carbons (Fsp3) is 0.333. The monoisotopic (exact) mass is 285 g/mol. The average molecular weight is 285 g/mol. The van der Waals surface area contributed by atoms with Crippen molar-refractivity contribution in [2.45, 2.75) is 25.9 Å². The normalized spacial score (nSPS) is 13.7. The van der Waals surface area contributed by atoms with Crippen molar-refractivity contribution in [1.82, 2.24) is 0 Å². The van der Waals surface area contributed by atoms with E-state index in [2.05, 4.69) is 0 Å². The van der Waals surface area contributed by atoms with Crippen LogP contribution in [-0.2, 0) is 0 Å². The maximum absolute atomic E-state index is 10.7. The van der Waals surface area contributed by atoms with Crippen molar-refractivity contribution >= 4 is 0 Å². The van der Waals surface area contributed by atoms with Crippen LogP contribution in [-0.4, -0.2) is 18.3 Å². The molecule has 3 nitrogen and oxygen atoms in total. The van der Waals surface area contributed by atoms with Crippen molar-refractivity contribution in [2.24, 2.45) is 5.73 Å². The number of aliphatic hydroxyl groups excluding tert-OH is 1. The highest BCUT2D eigenvalue weighted by atomic mass is 16.5. The maximum Gasteiger partial charge on any atom is 0.119 e. The van der Waals surface area contributed by atoms with Gasteiger partial charge in [0.2, 0.25) is 0 Å². The first kappa shape index (κ1) is 15.5. The minimum atomic E-state index is -0.619. The van der Waals surface area contributed by atoms with Crippen LogP contribution in [0.3, 0.4) is 0 Å². The lowest BCUT2D eigenvalue weighted by Gasteiger charge is -2.24. The fourth-order valence-corrected chi connectivity index (χ4v) is 2.59. The zero-order chi connectivity index (χ0) is 15.2. The molecule has 2 rings (SSSR count). The van der Waals surface area contributed by atoms with E-state index in [0.29, 0.717) is 13.2 Å². The van der Waals surface area contributed by atoms with Gasteiger partial charge in [-0.15, -0.1) is 0 Å². The van der Waals surface area contributed by atoms with Gasteiger partial charge in [-0.3, -0.25) is 0 Å². The van der Waals surface area contributed by atoms with Gasteiger partial charge < -0.3 is 15.6 Å². The summed E-state index contributed by atoms with van der Waals surface area (Å²) in [5.74, 6) is 0.706. The van der Waals surface area contributed by atoms with Crippen molar-refractivity contribution in [2.75, 3.05) is 13.2 Å². The summed E-state index contributed by atoms with van der Waals surface area (Å²) in [6.45, 7) is 5.03. The lowest BCUT2D eigenvalue weighted by molar-refractivity contribution is 0.147. The molecule has 0 heterocycles. The zero-order valence-corrected chi connectivity index (χ0v) is 12.6. The molecule has 0 bridgehead atoms. The molecule has 0 spiro atoms. The Bertz CT molecular complexity index is 566. The molecule has 0 saturated heterocycles. The van der Waals surface area contributed by atoms with E-state index in [4.69, 9.17) is 10.5 Å². The second-order valence-corrected chi connectivity index (χ2v) is 5.15. The summed E-state index contributed by atoms with van der Waals surface area (Å²) in [4.78, 5) is 0. The van der Waals surface area contributed by atoms with Gasteiger partial charge in [0.05, 0.1) is 12.7 Å². The number of hydrogen-bond donors (Lipinski definition) is 2. The Morgan fingerprint density at radius 3 is 2.33 bits per heavy atom. The van der Waals surface area contributed by atoms with Crippen molar-refractivity contribution in [3.05, 3.63) is 65.2 Å². The number of rotatable bonds is 6. The number of nitrogens with two attached hydrogens (primary N) is 1. The van der Waals surface area contributed by atoms with E-state index in [0.717, 1.165) is 22.4 Å². The van der Waals surface area contributed by atoms with Crippen LogP contribution in [0.15, 0.2) is 48.5 Å². The van der Waals surface area contributed by atoms with E-state index in [1.807, 2.05) is 62.4 Å². The second kappa shape index (κ2) is 7.25. The van der Waals surface area contributed by atoms with Crippen LogP contribution in [0.1, 0.15) is 35.6 Å². The highest BCUT2D eigenvalue weighted by Crippen LogP contribution is 2.32. The summed E-state index contributed by atoms with van der Waals surface area (Å²) < 4.78 is 5.42. The Hall–Kier alpha value is -1.84. The van der Waals surface area contributed by atoms with Gasteiger partial charge in [0, 0.05) is 12.5 Å². The molecule has 21 heavy (non-hydrogen) atoms. The van der Waals surface area contributed by atoms with Crippen molar-refractivity contribution < 1.29 is 9.84 Å². The van der Waals surface area contributed by atoms with Gasteiger partial charge in [0.25, 0.3) is 0 Å². The van der Waals surface area contributed by atoms with Crippen molar-refractivity contribution in [3.63, 3.8) is 0 Å². The van der Waals surface area contributed by atoms with E-state index >= 15 is 0 Å². The van der Waals surface area contributed by atoms with Gasteiger partial charge in [-0.1, -0.05) is 36.4 Å². The molecule has 2 aromatic rings. The molecular weight excluding hydrogens is 262 g/mol. The smallest absolute Gasteiger partial charge is 0.119 e. The summed E-state index contributed by atoms with van der Waals surface area (Å²) in [7, 11) is 0. The standard InChI is InChI=1S/C18H23NO2/c1-3-21-15-10-8-14(9-11-15)18(20)17(12-19)16-7-5-4-6-13(16)2/h4-11,17-18,20H,3,12,19H2,1-2H3. The summed E-state index contributed by atoms with van der Waals surface area (Å²) in [5.41, 5.74) is 9.01. The van der Waals surface area contributed by atoms with Crippen LogP contribution in [0, 0.1) is 6.92 Å². The molecule has 0 saturated carbocycles. The van der Waals surface area contributed by atoms with Gasteiger partial charge >= 0.3 is 0 Å². The van der Waals surface area contributed by atoms with Crippen LogP contribution in [0.4, 0.5) is 0 Å². The third-order valence-corrected chi connectivity index (χ3v) is 3.76. The molecule has 0 radical (unpaired) electrons. The minimum Gasteiger partial charge on any atom is -0.494 e. The maximum atomic E-state index is 10.7. The van der Waals surface area contributed by atoms with Gasteiger partial charge in [-0.05, 0) is 42.7 Å². The van der Waals surface area contributed by atoms with Gasteiger partial charge in [-0.25, -0.2) is 0 Å². The Morgan fingerprint density at radius 1 is 1.10 bits per heavy atom. The molecular formula is C18H23NO2. The van der Waals surface area contributed by atoms with E-state index in [9.17, 15) is 5.11 Å². The molecule has 2 unspecified atom stereocenters. The highest BCUT2D eigenvalue weighted by Gasteiger charge is 2.22. The van der Waals surface area contributed by atoms with Crippen molar-refractivity contribution in [1.29, 1.82) is 0 Å². The van der Waals surface area contributed by atoms with Crippen LogP contribution in [0.25, 0.3) is 0 Å². The molecule has 0 fully saturated rings. The first-order valence-electron chi connectivity index (χ1n) is 7.33. The third kappa shape index (κ3) is 3.63. The Morgan fingerprint density at radius 2 is 1.76 bits per heavy atom. The van der Waals surface area contributed by atoms with Crippen LogP contribution in [0.5, 0.6) is 5.75 Å². The van der Waals surface area contributed by atoms with Gasteiger partial charge in [-0.2, -0.15) is 0 Å². The van der Waals surface area contributed by atoms with Crippen LogP contribution >= 0.6 is 0 Å². The number of ether oxygens (including phenoxy) is 1. The van der Waals surface area contributed by atoms with Gasteiger partial charge in [0.1, 0.15) is 5.75 Å². The first-order valence-corrected chi connectivity index (χ1v) is 7.33. The first-order chi connectivity index (χ1) is 10.2. The third-order valence-electron chi connectivity index (χ3n) is 3.76. The highest BCUT2D eigenvalue weighted by molar-refractivity contribution is 5.35. The van der Waals surface area contributed by atoms with E-state index in [1.54, 1.807) is 0 Å². The SMILES string of the molecule is CCOc1ccc(C(O)C(CN)c2ccccc2C)cc1. The number of hydrogen-bond acceptors (Lipinski definition) is 3. The van der Waals surface area contributed by atoms with E-state index < -0.39 is 6.10 Å². The molecule has 0 aliphatic carbocycles. The Labute approximate surface area is 126 Å². The fourth-order valence-electron chi connectivity index (χ4n) is 2.59. The van der Waals surface area contributed by atoms with Gasteiger partial charge in [0.15, 0.2) is 0 Å². The Balaban J connectivity index is 2.24. The van der Waals surface area contributed by atoms with E-state index in [1.165, 1.54) is 0 Å². The quantitative estimate of drug-likeness (QED) is 0.857. The topological polar surface area (TPSA) is 55.5 Å². The second-order valence-electron chi connectivity index (χ2n) is 5.15. The van der Waals surface area contributed by atoms with E-state index in [-0.39, 0.29) is 5.92 Å². The predicted molar refractivity (Wildman–Crippen MR) is 85.5 cm³/mol. The summed E-state index contributed by atoms with van der Waals surface area (Å²) >= 11 is 0. The van der Waals surface area contributed by atoms with Crippen LogP contribution in [0.2, 0.25) is 0 Å². The molecule has 0 aliphatic rings. The van der Waals surface area contributed by atoms with Crippen LogP contribution < -0.4 is 10.5 Å². The molecule has 0 aliphatic heterocycles. The molecule has 0 amide bonds. The number of benzene rings is 2. The number of aliphatic hydroxyl groups is 1. The summed E-state index contributed by atoms with van der Waals surface area (Å²) in [5, 5.41) is 10.7. The molecule has 112 valence electrons. The molecule has 2 aromatic carbocycles. The zero-order valence-electron chi connectivity index (χ0n) is 12.6. The van der Waals surface area contributed by atoms with Crippen molar-refractivity contribution in [3.8, 4) is 5.75 Å². The average Bonchev–Trinajstić information content (AvgIpc) is 2.51. The summed E-state index contributed by atoms with van der Waals surface area (Å²) in [6.07, 6.45) is -0.619. The summed E-state index contributed by atoms with van der Waals surface area (Å²) in [6, 6.07) is 15.6. The predicted octanol–water partition coefficient (Wildman–Crippen LogP) is 3.17. The molecule has 0 aromatic heterocycles. The molecule has 3 N–H and O–H groups in total. The lowest BCUT2D eigenvalue weighted by Crippen LogP contribution is -2.21.